The van der Waals surface area contributed by atoms with Gasteiger partial charge in [0.1, 0.15) is 5.82 Å². The van der Waals surface area contributed by atoms with Crippen LogP contribution in [0.1, 0.15) is 17.0 Å². The molecule has 0 atom stereocenters. The summed E-state index contributed by atoms with van der Waals surface area (Å²) in [5.74, 6) is 1.02. The first kappa shape index (κ1) is 11.9. The van der Waals surface area contributed by atoms with E-state index in [4.69, 9.17) is 5.11 Å². The van der Waals surface area contributed by atoms with Gasteiger partial charge in [-0.1, -0.05) is 36.4 Å². The van der Waals surface area contributed by atoms with E-state index in [0.717, 1.165) is 29.0 Å². The summed E-state index contributed by atoms with van der Waals surface area (Å²) in [7, 11) is 0. The summed E-state index contributed by atoms with van der Waals surface area (Å²) in [6.45, 7) is 2.92. The van der Waals surface area contributed by atoms with E-state index >= 15 is 0 Å². The number of benzene rings is 2. The molecule has 1 aromatic heterocycles. The standard InChI is InChI=1S/C16H16N2O/c1-12-17-15-4-2-3-5-16(15)18(12)10-13-6-8-14(11-19)9-7-13/h2-9,19H,10-11H2,1H3. The highest BCUT2D eigenvalue weighted by atomic mass is 16.3. The Morgan fingerprint density at radius 1 is 1.00 bits per heavy atom. The largest absolute Gasteiger partial charge is 0.392 e. The second-order valence-electron chi connectivity index (χ2n) is 4.71. The number of fused-ring (bicyclic) bond motifs is 1. The second kappa shape index (κ2) is 4.86. The molecule has 0 aliphatic carbocycles. The van der Waals surface area contributed by atoms with Crippen LogP contribution in [-0.2, 0) is 13.2 Å². The van der Waals surface area contributed by atoms with Gasteiger partial charge in [0.15, 0.2) is 0 Å². The molecular formula is C16H16N2O. The average molecular weight is 252 g/mol. The molecule has 0 unspecified atom stereocenters. The molecule has 0 radical (unpaired) electrons. The Balaban J connectivity index is 1.98. The van der Waals surface area contributed by atoms with Gasteiger partial charge in [-0.25, -0.2) is 4.98 Å². The number of imidazole rings is 1. The normalized spacial score (nSPS) is 11.1. The van der Waals surface area contributed by atoms with Gasteiger partial charge >= 0.3 is 0 Å². The van der Waals surface area contributed by atoms with Crippen LogP contribution in [0.3, 0.4) is 0 Å². The lowest BCUT2D eigenvalue weighted by Gasteiger charge is -2.07. The van der Waals surface area contributed by atoms with Crippen molar-refractivity contribution in [3.05, 3.63) is 65.5 Å². The zero-order valence-electron chi connectivity index (χ0n) is 10.9. The highest BCUT2D eigenvalue weighted by Gasteiger charge is 2.06. The molecule has 0 aliphatic heterocycles. The maximum atomic E-state index is 9.06. The number of rotatable bonds is 3. The van der Waals surface area contributed by atoms with Crippen LogP contribution < -0.4 is 0 Å². The third-order valence-electron chi connectivity index (χ3n) is 3.39. The second-order valence-corrected chi connectivity index (χ2v) is 4.71. The van der Waals surface area contributed by atoms with Crippen LogP contribution in [0.15, 0.2) is 48.5 Å². The van der Waals surface area contributed by atoms with Crippen LogP contribution in [0.4, 0.5) is 0 Å². The van der Waals surface area contributed by atoms with Gasteiger partial charge in [-0.3, -0.25) is 0 Å². The Kier molecular flexibility index (Phi) is 3.05. The molecule has 3 aromatic rings. The van der Waals surface area contributed by atoms with Crippen molar-refractivity contribution < 1.29 is 5.11 Å². The summed E-state index contributed by atoms with van der Waals surface area (Å²) < 4.78 is 2.21. The zero-order chi connectivity index (χ0) is 13.2. The van der Waals surface area contributed by atoms with Gasteiger partial charge in [0.2, 0.25) is 0 Å². The molecule has 96 valence electrons. The number of aliphatic hydroxyl groups is 1. The van der Waals surface area contributed by atoms with E-state index in [1.807, 2.05) is 37.3 Å². The Labute approximate surface area is 112 Å². The van der Waals surface area contributed by atoms with Crippen molar-refractivity contribution >= 4 is 11.0 Å². The molecule has 3 heteroatoms. The van der Waals surface area contributed by atoms with E-state index in [9.17, 15) is 0 Å². The number of aliphatic hydroxyl groups excluding tert-OH is 1. The number of hydrogen-bond acceptors (Lipinski definition) is 2. The predicted octanol–water partition coefficient (Wildman–Crippen LogP) is 2.89. The molecule has 1 heterocycles. The summed E-state index contributed by atoms with van der Waals surface area (Å²) in [5.41, 5.74) is 4.35. The maximum Gasteiger partial charge on any atom is 0.107 e. The Morgan fingerprint density at radius 3 is 2.42 bits per heavy atom. The highest BCUT2D eigenvalue weighted by molar-refractivity contribution is 5.75. The average Bonchev–Trinajstić information content (AvgIpc) is 2.76. The van der Waals surface area contributed by atoms with Crippen molar-refractivity contribution in [1.29, 1.82) is 0 Å². The molecule has 3 rings (SSSR count). The van der Waals surface area contributed by atoms with Crippen LogP contribution >= 0.6 is 0 Å². The molecule has 3 nitrogen and oxygen atoms in total. The smallest absolute Gasteiger partial charge is 0.107 e. The van der Waals surface area contributed by atoms with Crippen molar-refractivity contribution in [2.75, 3.05) is 0 Å². The summed E-state index contributed by atoms with van der Waals surface area (Å²) >= 11 is 0. The Bertz CT molecular complexity index is 698. The van der Waals surface area contributed by atoms with Crippen LogP contribution in [0, 0.1) is 6.92 Å². The summed E-state index contributed by atoms with van der Waals surface area (Å²) in [4.78, 5) is 4.57. The third kappa shape index (κ3) is 2.25. The fourth-order valence-corrected chi connectivity index (χ4v) is 2.33. The highest BCUT2D eigenvalue weighted by Crippen LogP contribution is 2.17. The molecule has 0 bridgehead atoms. The van der Waals surface area contributed by atoms with Gasteiger partial charge < -0.3 is 9.67 Å². The van der Waals surface area contributed by atoms with Gasteiger partial charge in [0.25, 0.3) is 0 Å². The van der Waals surface area contributed by atoms with E-state index in [-0.39, 0.29) is 6.61 Å². The monoisotopic (exact) mass is 252 g/mol. The molecule has 0 aliphatic rings. The first-order valence-corrected chi connectivity index (χ1v) is 6.38. The zero-order valence-corrected chi connectivity index (χ0v) is 10.9. The van der Waals surface area contributed by atoms with Crippen molar-refractivity contribution in [3.63, 3.8) is 0 Å². The lowest BCUT2D eigenvalue weighted by molar-refractivity contribution is 0.282. The van der Waals surface area contributed by atoms with E-state index in [1.165, 1.54) is 5.56 Å². The lowest BCUT2D eigenvalue weighted by atomic mass is 10.1. The first-order valence-electron chi connectivity index (χ1n) is 6.38. The van der Waals surface area contributed by atoms with Crippen LogP contribution in [-0.4, -0.2) is 14.7 Å². The molecule has 0 amide bonds. The van der Waals surface area contributed by atoms with Crippen LogP contribution in [0.25, 0.3) is 11.0 Å². The minimum absolute atomic E-state index is 0.0906. The van der Waals surface area contributed by atoms with Crippen molar-refractivity contribution in [2.45, 2.75) is 20.1 Å². The lowest BCUT2D eigenvalue weighted by Crippen LogP contribution is -2.02. The van der Waals surface area contributed by atoms with E-state index in [2.05, 4.69) is 27.8 Å². The SMILES string of the molecule is Cc1nc2ccccc2n1Cc1ccc(CO)cc1. The molecule has 0 fully saturated rings. The van der Waals surface area contributed by atoms with Crippen molar-refractivity contribution in [2.24, 2.45) is 0 Å². The molecule has 1 N–H and O–H groups in total. The summed E-state index contributed by atoms with van der Waals surface area (Å²) in [5, 5.41) is 9.06. The number of nitrogens with zero attached hydrogens (tertiary/aromatic N) is 2. The molecule has 0 spiro atoms. The van der Waals surface area contributed by atoms with Crippen LogP contribution in [0.2, 0.25) is 0 Å². The summed E-state index contributed by atoms with van der Waals surface area (Å²) in [6.07, 6.45) is 0. The maximum absolute atomic E-state index is 9.06. The molecule has 2 aromatic carbocycles. The number of hydrogen-bond donors (Lipinski definition) is 1. The fourth-order valence-electron chi connectivity index (χ4n) is 2.33. The predicted molar refractivity (Wildman–Crippen MR) is 75.9 cm³/mol. The summed E-state index contributed by atoms with van der Waals surface area (Å²) in [6, 6.07) is 16.2. The van der Waals surface area contributed by atoms with Crippen molar-refractivity contribution in [3.8, 4) is 0 Å². The van der Waals surface area contributed by atoms with Gasteiger partial charge in [-0.15, -0.1) is 0 Å². The molecule has 0 saturated heterocycles. The minimum Gasteiger partial charge on any atom is -0.392 e. The Hall–Kier alpha value is -2.13. The van der Waals surface area contributed by atoms with Crippen LogP contribution in [0.5, 0.6) is 0 Å². The van der Waals surface area contributed by atoms with Gasteiger partial charge in [-0.2, -0.15) is 0 Å². The molecular weight excluding hydrogens is 236 g/mol. The third-order valence-corrected chi connectivity index (χ3v) is 3.39. The van der Waals surface area contributed by atoms with Gasteiger partial charge in [-0.05, 0) is 30.2 Å². The van der Waals surface area contributed by atoms with Gasteiger partial charge in [0, 0.05) is 6.54 Å². The molecule has 19 heavy (non-hydrogen) atoms. The number of para-hydroxylation sites is 2. The number of aryl methyl sites for hydroxylation is 1. The van der Waals surface area contributed by atoms with Gasteiger partial charge in [0.05, 0.1) is 17.6 Å². The van der Waals surface area contributed by atoms with E-state index in [1.54, 1.807) is 0 Å². The fraction of sp³-hybridized carbons (Fsp3) is 0.188. The number of aromatic nitrogens is 2. The van der Waals surface area contributed by atoms with Crippen molar-refractivity contribution in [1.82, 2.24) is 9.55 Å². The first-order chi connectivity index (χ1) is 9.28. The Morgan fingerprint density at radius 2 is 1.68 bits per heavy atom. The molecule has 0 saturated carbocycles. The minimum atomic E-state index is 0.0906. The topological polar surface area (TPSA) is 38.0 Å². The van der Waals surface area contributed by atoms with E-state index in [0.29, 0.717) is 0 Å². The van der Waals surface area contributed by atoms with E-state index < -0.39 is 0 Å². The quantitative estimate of drug-likeness (QED) is 0.778.